The maximum atomic E-state index is 13.1. The van der Waals surface area contributed by atoms with Gasteiger partial charge in [0, 0.05) is 44.8 Å². The lowest BCUT2D eigenvalue weighted by molar-refractivity contribution is -0.136. The van der Waals surface area contributed by atoms with Gasteiger partial charge in [-0.25, -0.2) is 0 Å². The van der Waals surface area contributed by atoms with Crippen molar-refractivity contribution in [3.8, 4) is 9.88 Å². The van der Waals surface area contributed by atoms with E-state index in [1.54, 1.807) is 27.6 Å². The fraction of sp³-hybridized carbons (Fsp3) is 0.364. The second kappa shape index (κ2) is 8.39. The number of aromatic nitrogens is 2. The van der Waals surface area contributed by atoms with E-state index in [0.29, 0.717) is 19.6 Å². The summed E-state index contributed by atoms with van der Waals surface area (Å²) in [5.74, 6) is -0.165. The van der Waals surface area contributed by atoms with E-state index in [2.05, 4.69) is 15.1 Å². The zero-order valence-electron chi connectivity index (χ0n) is 17.2. The van der Waals surface area contributed by atoms with Gasteiger partial charge in [0.1, 0.15) is 0 Å². The van der Waals surface area contributed by atoms with E-state index in [1.165, 1.54) is 0 Å². The first-order valence-corrected chi connectivity index (χ1v) is 12.1. The van der Waals surface area contributed by atoms with Crippen LogP contribution >= 0.6 is 22.7 Å². The average Bonchev–Trinajstić information content (AvgIpc) is 3.55. The standard InChI is InChI=1S/C22H23N5O2S2/c1-15-4-6-17(7-5-15)27-14-16(13-19(27)28)21(29)25-8-10-26(11-9-25)22-24-23-20(31-22)18-3-2-12-30-18/h2-7,12,16H,8-11,13-14H2,1H3. The molecule has 5 rings (SSSR count). The lowest BCUT2D eigenvalue weighted by Crippen LogP contribution is -2.50. The molecule has 4 heterocycles. The molecule has 31 heavy (non-hydrogen) atoms. The summed E-state index contributed by atoms with van der Waals surface area (Å²) in [5, 5.41) is 12.5. The Morgan fingerprint density at radius 3 is 2.55 bits per heavy atom. The van der Waals surface area contributed by atoms with Crippen molar-refractivity contribution in [2.24, 2.45) is 5.92 Å². The van der Waals surface area contributed by atoms with Gasteiger partial charge in [-0.2, -0.15) is 0 Å². The highest BCUT2D eigenvalue weighted by Gasteiger charge is 2.38. The summed E-state index contributed by atoms with van der Waals surface area (Å²) >= 11 is 3.25. The van der Waals surface area contributed by atoms with Gasteiger partial charge in [0.15, 0.2) is 5.01 Å². The van der Waals surface area contributed by atoms with Crippen LogP contribution in [0.3, 0.4) is 0 Å². The maximum Gasteiger partial charge on any atom is 0.228 e. The normalized spacial score (nSPS) is 19.3. The van der Waals surface area contributed by atoms with Gasteiger partial charge in [0.05, 0.1) is 10.8 Å². The van der Waals surface area contributed by atoms with Crippen LogP contribution in [0.2, 0.25) is 0 Å². The number of nitrogens with zero attached hydrogens (tertiary/aromatic N) is 5. The second-order valence-electron chi connectivity index (χ2n) is 7.92. The third-order valence-electron chi connectivity index (χ3n) is 5.83. The van der Waals surface area contributed by atoms with Crippen LogP contribution in [-0.4, -0.2) is 59.6 Å². The van der Waals surface area contributed by atoms with Gasteiger partial charge in [-0.1, -0.05) is 35.1 Å². The molecule has 9 heteroatoms. The Morgan fingerprint density at radius 2 is 1.84 bits per heavy atom. The minimum Gasteiger partial charge on any atom is -0.343 e. The molecule has 1 atom stereocenters. The molecule has 0 N–H and O–H groups in total. The lowest BCUT2D eigenvalue weighted by atomic mass is 10.1. The summed E-state index contributed by atoms with van der Waals surface area (Å²) in [5.41, 5.74) is 2.02. The first kappa shape index (κ1) is 20.1. The molecular weight excluding hydrogens is 430 g/mol. The Hall–Kier alpha value is -2.78. The molecule has 2 aliphatic rings. The summed E-state index contributed by atoms with van der Waals surface area (Å²) in [6.07, 6.45) is 0.285. The van der Waals surface area contributed by atoms with E-state index in [9.17, 15) is 9.59 Å². The van der Waals surface area contributed by atoms with Crippen molar-refractivity contribution in [3.05, 3.63) is 47.3 Å². The number of rotatable bonds is 4. The van der Waals surface area contributed by atoms with Crippen molar-refractivity contribution >= 4 is 45.3 Å². The Bertz CT molecular complexity index is 1070. The summed E-state index contributed by atoms with van der Waals surface area (Å²) in [6, 6.07) is 12.0. The molecule has 2 saturated heterocycles. The van der Waals surface area contributed by atoms with Gasteiger partial charge in [-0.15, -0.1) is 21.5 Å². The largest absolute Gasteiger partial charge is 0.343 e. The summed E-state index contributed by atoms with van der Waals surface area (Å²) in [6.45, 7) is 5.22. The zero-order valence-corrected chi connectivity index (χ0v) is 18.9. The van der Waals surface area contributed by atoms with E-state index in [-0.39, 0.29) is 24.2 Å². The van der Waals surface area contributed by atoms with Crippen LogP contribution in [0, 0.1) is 12.8 Å². The van der Waals surface area contributed by atoms with Crippen LogP contribution in [0.1, 0.15) is 12.0 Å². The van der Waals surface area contributed by atoms with Crippen LogP contribution in [-0.2, 0) is 9.59 Å². The summed E-state index contributed by atoms with van der Waals surface area (Å²) in [4.78, 5) is 32.6. The van der Waals surface area contributed by atoms with Crippen LogP contribution in [0.4, 0.5) is 10.8 Å². The molecule has 2 fully saturated rings. The van der Waals surface area contributed by atoms with Gasteiger partial charge in [-0.05, 0) is 30.5 Å². The van der Waals surface area contributed by atoms with Crippen molar-refractivity contribution in [2.75, 3.05) is 42.5 Å². The third kappa shape index (κ3) is 4.07. The molecule has 0 bridgehead atoms. The number of anilines is 2. The molecule has 0 saturated carbocycles. The Labute approximate surface area is 188 Å². The van der Waals surface area contributed by atoms with Gasteiger partial charge in [0.25, 0.3) is 0 Å². The number of benzene rings is 1. The highest BCUT2D eigenvalue weighted by Crippen LogP contribution is 2.32. The number of hydrogen-bond donors (Lipinski definition) is 0. The molecule has 1 unspecified atom stereocenters. The molecule has 7 nitrogen and oxygen atoms in total. The fourth-order valence-electron chi connectivity index (χ4n) is 4.07. The Morgan fingerprint density at radius 1 is 1.06 bits per heavy atom. The SMILES string of the molecule is Cc1ccc(N2CC(C(=O)N3CCN(c4nnc(-c5cccs5)s4)CC3)CC2=O)cc1. The first-order valence-electron chi connectivity index (χ1n) is 10.4. The number of piperazine rings is 1. The monoisotopic (exact) mass is 453 g/mol. The number of aryl methyl sites for hydroxylation is 1. The average molecular weight is 454 g/mol. The fourth-order valence-corrected chi connectivity index (χ4v) is 5.76. The van der Waals surface area contributed by atoms with Crippen LogP contribution in [0.15, 0.2) is 41.8 Å². The highest BCUT2D eigenvalue weighted by molar-refractivity contribution is 7.22. The molecule has 2 aromatic heterocycles. The highest BCUT2D eigenvalue weighted by atomic mass is 32.1. The number of hydrogen-bond acceptors (Lipinski definition) is 7. The minimum atomic E-state index is -0.271. The molecule has 2 amide bonds. The van der Waals surface area contributed by atoms with Gasteiger partial charge >= 0.3 is 0 Å². The van der Waals surface area contributed by atoms with Gasteiger partial charge < -0.3 is 14.7 Å². The maximum absolute atomic E-state index is 13.1. The number of carbonyl (C=O) groups is 2. The van der Waals surface area contributed by atoms with Gasteiger partial charge in [0.2, 0.25) is 16.9 Å². The van der Waals surface area contributed by atoms with E-state index in [0.717, 1.165) is 39.4 Å². The van der Waals surface area contributed by atoms with Crippen molar-refractivity contribution < 1.29 is 9.59 Å². The van der Waals surface area contributed by atoms with E-state index in [1.807, 2.05) is 53.6 Å². The summed E-state index contributed by atoms with van der Waals surface area (Å²) in [7, 11) is 0. The molecule has 160 valence electrons. The number of carbonyl (C=O) groups excluding carboxylic acids is 2. The quantitative estimate of drug-likeness (QED) is 0.606. The summed E-state index contributed by atoms with van der Waals surface area (Å²) < 4.78 is 0. The zero-order chi connectivity index (χ0) is 21.4. The second-order valence-corrected chi connectivity index (χ2v) is 9.82. The number of amides is 2. The molecule has 2 aliphatic heterocycles. The van der Waals surface area contributed by atoms with E-state index < -0.39 is 0 Å². The first-order chi connectivity index (χ1) is 15.1. The van der Waals surface area contributed by atoms with Crippen molar-refractivity contribution in [2.45, 2.75) is 13.3 Å². The molecule has 0 radical (unpaired) electrons. The van der Waals surface area contributed by atoms with Crippen molar-refractivity contribution in [1.82, 2.24) is 15.1 Å². The molecule has 0 spiro atoms. The Kier molecular flexibility index (Phi) is 5.45. The molecule has 0 aliphatic carbocycles. The third-order valence-corrected chi connectivity index (χ3v) is 7.85. The van der Waals surface area contributed by atoms with E-state index in [4.69, 9.17) is 0 Å². The predicted octanol–water partition coefficient (Wildman–Crippen LogP) is 3.28. The predicted molar refractivity (Wildman–Crippen MR) is 124 cm³/mol. The number of thiophene rings is 1. The van der Waals surface area contributed by atoms with Crippen LogP contribution < -0.4 is 9.80 Å². The topological polar surface area (TPSA) is 69.6 Å². The van der Waals surface area contributed by atoms with Crippen molar-refractivity contribution in [1.29, 1.82) is 0 Å². The molecule has 3 aromatic rings. The molecular formula is C22H23N5O2S2. The van der Waals surface area contributed by atoms with Gasteiger partial charge in [-0.3, -0.25) is 9.59 Å². The smallest absolute Gasteiger partial charge is 0.228 e. The lowest BCUT2D eigenvalue weighted by Gasteiger charge is -2.35. The molecule has 1 aromatic carbocycles. The Balaban J connectivity index is 1.19. The minimum absolute atomic E-state index is 0.0239. The van der Waals surface area contributed by atoms with E-state index >= 15 is 0 Å². The van der Waals surface area contributed by atoms with Crippen LogP contribution in [0.25, 0.3) is 9.88 Å². The van der Waals surface area contributed by atoms with Crippen molar-refractivity contribution in [3.63, 3.8) is 0 Å². The van der Waals surface area contributed by atoms with Crippen LogP contribution in [0.5, 0.6) is 0 Å².